The van der Waals surface area contributed by atoms with Gasteiger partial charge in [-0.05, 0) is 31.9 Å². The second-order valence-corrected chi connectivity index (χ2v) is 5.54. The second-order valence-electron chi connectivity index (χ2n) is 5.54. The first-order valence-corrected chi connectivity index (χ1v) is 7.46. The van der Waals surface area contributed by atoms with Gasteiger partial charge in [-0.2, -0.15) is 5.10 Å². The van der Waals surface area contributed by atoms with Crippen molar-refractivity contribution in [3.8, 4) is 5.69 Å². The molecule has 0 saturated carbocycles. The van der Waals surface area contributed by atoms with Crippen molar-refractivity contribution in [2.45, 2.75) is 19.8 Å². The zero-order valence-corrected chi connectivity index (χ0v) is 12.3. The second kappa shape index (κ2) is 5.05. The quantitative estimate of drug-likeness (QED) is 0.729. The lowest BCUT2D eigenvalue weighted by Crippen LogP contribution is -2.19. The molecular weight excluding hydrogens is 281 g/mol. The van der Waals surface area contributed by atoms with E-state index < -0.39 is 0 Å². The van der Waals surface area contributed by atoms with Gasteiger partial charge in [0, 0.05) is 13.1 Å². The van der Waals surface area contributed by atoms with Crippen LogP contribution in [0.3, 0.4) is 0 Å². The maximum Gasteiger partial charge on any atom is 0.168 e. The smallest absolute Gasteiger partial charge is 0.168 e. The van der Waals surface area contributed by atoms with Gasteiger partial charge < -0.3 is 4.90 Å². The predicted octanol–water partition coefficient (Wildman–Crippen LogP) is 2.86. The SMILES string of the molecule is Cc1nn(-c2ccccc2F)c2ncnc(N3CCCC3)c12. The van der Waals surface area contributed by atoms with Crippen LogP contribution in [0.5, 0.6) is 0 Å². The summed E-state index contributed by atoms with van der Waals surface area (Å²) in [6, 6.07) is 6.60. The topological polar surface area (TPSA) is 46.8 Å². The number of rotatable bonds is 2. The Morgan fingerprint density at radius 2 is 1.86 bits per heavy atom. The van der Waals surface area contributed by atoms with Crippen molar-refractivity contribution in [1.29, 1.82) is 0 Å². The van der Waals surface area contributed by atoms with Gasteiger partial charge >= 0.3 is 0 Å². The Kier molecular flexibility index (Phi) is 3.03. The molecular formula is C16H16FN5. The van der Waals surface area contributed by atoms with Crippen LogP contribution in [0.15, 0.2) is 30.6 Å². The van der Waals surface area contributed by atoms with E-state index in [1.165, 1.54) is 25.2 Å². The molecule has 1 aromatic carbocycles. The van der Waals surface area contributed by atoms with Crippen molar-refractivity contribution in [1.82, 2.24) is 19.7 Å². The largest absolute Gasteiger partial charge is 0.356 e. The fourth-order valence-corrected chi connectivity index (χ4v) is 3.06. The van der Waals surface area contributed by atoms with Crippen LogP contribution in [0.4, 0.5) is 10.2 Å². The Balaban J connectivity index is 1.96. The summed E-state index contributed by atoms with van der Waals surface area (Å²) in [7, 11) is 0. The third-order valence-electron chi connectivity index (χ3n) is 4.11. The summed E-state index contributed by atoms with van der Waals surface area (Å²) in [5.41, 5.74) is 1.88. The number of hydrogen-bond donors (Lipinski definition) is 0. The highest BCUT2D eigenvalue weighted by Crippen LogP contribution is 2.30. The Morgan fingerprint density at radius 3 is 2.64 bits per heavy atom. The van der Waals surface area contributed by atoms with Gasteiger partial charge in [0.05, 0.1) is 11.1 Å². The van der Waals surface area contributed by atoms with Gasteiger partial charge in [-0.15, -0.1) is 0 Å². The average Bonchev–Trinajstić information content (AvgIpc) is 3.16. The van der Waals surface area contributed by atoms with E-state index in [1.54, 1.807) is 22.9 Å². The number of aryl methyl sites for hydroxylation is 1. The van der Waals surface area contributed by atoms with E-state index in [1.807, 2.05) is 6.92 Å². The molecule has 6 heteroatoms. The molecule has 3 aromatic rings. The Labute approximate surface area is 127 Å². The van der Waals surface area contributed by atoms with E-state index >= 15 is 0 Å². The first-order valence-electron chi connectivity index (χ1n) is 7.46. The number of benzene rings is 1. The number of halogens is 1. The molecule has 0 atom stereocenters. The lowest BCUT2D eigenvalue weighted by molar-refractivity contribution is 0.612. The minimum atomic E-state index is -0.312. The van der Waals surface area contributed by atoms with E-state index in [4.69, 9.17) is 0 Å². The first-order chi connectivity index (χ1) is 10.8. The number of anilines is 1. The molecule has 1 aliphatic rings. The molecule has 3 heterocycles. The van der Waals surface area contributed by atoms with Crippen molar-refractivity contribution in [2.24, 2.45) is 0 Å². The number of aromatic nitrogens is 4. The predicted molar refractivity (Wildman–Crippen MR) is 82.8 cm³/mol. The van der Waals surface area contributed by atoms with Crippen LogP contribution in [0.1, 0.15) is 18.5 Å². The van der Waals surface area contributed by atoms with Crippen molar-refractivity contribution >= 4 is 16.9 Å². The highest BCUT2D eigenvalue weighted by atomic mass is 19.1. The number of hydrogen-bond acceptors (Lipinski definition) is 4. The van der Waals surface area contributed by atoms with E-state index in [0.29, 0.717) is 11.3 Å². The van der Waals surface area contributed by atoms with Crippen molar-refractivity contribution in [3.05, 3.63) is 42.1 Å². The third kappa shape index (κ3) is 1.94. The molecule has 0 spiro atoms. The third-order valence-corrected chi connectivity index (χ3v) is 4.11. The molecule has 0 N–H and O–H groups in total. The van der Waals surface area contributed by atoms with Gasteiger partial charge in [0.25, 0.3) is 0 Å². The van der Waals surface area contributed by atoms with Crippen molar-refractivity contribution in [2.75, 3.05) is 18.0 Å². The number of fused-ring (bicyclic) bond motifs is 1. The molecule has 1 fully saturated rings. The summed E-state index contributed by atoms with van der Waals surface area (Å²) in [5.74, 6) is 0.593. The fourth-order valence-electron chi connectivity index (χ4n) is 3.06. The van der Waals surface area contributed by atoms with Crippen molar-refractivity contribution in [3.63, 3.8) is 0 Å². The maximum atomic E-state index is 14.1. The summed E-state index contributed by atoms with van der Waals surface area (Å²) < 4.78 is 15.7. The monoisotopic (exact) mass is 297 g/mol. The van der Waals surface area contributed by atoms with Crippen LogP contribution in [-0.4, -0.2) is 32.8 Å². The fraction of sp³-hybridized carbons (Fsp3) is 0.312. The van der Waals surface area contributed by atoms with Crippen LogP contribution in [0, 0.1) is 12.7 Å². The molecule has 5 nitrogen and oxygen atoms in total. The molecule has 1 saturated heterocycles. The summed E-state index contributed by atoms with van der Waals surface area (Å²) in [6.07, 6.45) is 3.88. The molecule has 0 bridgehead atoms. The molecule has 112 valence electrons. The Hall–Kier alpha value is -2.50. The molecule has 22 heavy (non-hydrogen) atoms. The molecule has 0 unspecified atom stereocenters. The van der Waals surface area contributed by atoms with Gasteiger partial charge in [0.1, 0.15) is 23.6 Å². The number of para-hydroxylation sites is 1. The van der Waals surface area contributed by atoms with Crippen molar-refractivity contribution < 1.29 is 4.39 Å². The zero-order valence-electron chi connectivity index (χ0n) is 12.3. The lowest BCUT2D eigenvalue weighted by Gasteiger charge is -2.16. The highest BCUT2D eigenvalue weighted by molar-refractivity contribution is 5.90. The molecule has 4 rings (SSSR count). The van der Waals surface area contributed by atoms with Crippen LogP contribution in [-0.2, 0) is 0 Å². The van der Waals surface area contributed by atoms with Gasteiger partial charge in [0.2, 0.25) is 0 Å². The average molecular weight is 297 g/mol. The van der Waals surface area contributed by atoms with E-state index in [-0.39, 0.29) is 5.82 Å². The van der Waals surface area contributed by atoms with Gasteiger partial charge in [0.15, 0.2) is 5.65 Å². The molecule has 1 aliphatic heterocycles. The summed E-state index contributed by atoms with van der Waals surface area (Å²) in [6.45, 7) is 3.91. The molecule has 0 aliphatic carbocycles. The Morgan fingerprint density at radius 1 is 1.09 bits per heavy atom. The zero-order chi connectivity index (χ0) is 15.1. The van der Waals surface area contributed by atoms with Gasteiger partial charge in [-0.3, -0.25) is 0 Å². The van der Waals surface area contributed by atoms with E-state index in [9.17, 15) is 4.39 Å². The normalized spacial score (nSPS) is 14.9. The molecule has 2 aromatic heterocycles. The standard InChI is InChI=1S/C16H16FN5/c1-11-14-15(21-8-4-5-9-21)18-10-19-16(14)22(20-11)13-7-3-2-6-12(13)17/h2-3,6-7,10H,4-5,8-9H2,1H3. The molecule has 0 radical (unpaired) electrons. The molecule has 0 amide bonds. The van der Waals surface area contributed by atoms with Gasteiger partial charge in [-0.1, -0.05) is 12.1 Å². The minimum absolute atomic E-state index is 0.312. The summed E-state index contributed by atoms with van der Waals surface area (Å²) in [5, 5.41) is 5.41. The highest BCUT2D eigenvalue weighted by Gasteiger charge is 2.22. The van der Waals surface area contributed by atoms with Gasteiger partial charge in [-0.25, -0.2) is 19.0 Å². The maximum absolute atomic E-state index is 14.1. The van der Waals surface area contributed by atoms with Crippen LogP contribution < -0.4 is 4.90 Å². The summed E-state index contributed by atoms with van der Waals surface area (Å²) in [4.78, 5) is 11.0. The van der Waals surface area contributed by atoms with E-state index in [0.717, 1.165) is 30.0 Å². The summed E-state index contributed by atoms with van der Waals surface area (Å²) >= 11 is 0. The minimum Gasteiger partial charge on any atom is -0.356 e. The van der Waals surface area contributed by atoms with Crippen LogP contribution in [0.25, 0.3) is 16.7 Å². The number of nitrogens with zero attached hydrogens (tertiary/aromatic N) is 5. The van der Waals surface area contributed by atoms with Crippen LogP contribution >= 0.6 is 0 Å². The Bertz CT molecular complexity index is 836. The van der Waals surface area contributed by atoms with Crippen LogP contribution in [0.2, 0.25) is 0 Å². The lowest BCUT2D eigenvalue weighted by atomic mass is 10.2. The van der Waals surface area contributed by atoms with E-state index in [2.05, 4.69) is 20.0 Å². The first kappa shape index (κ1) is 13.2.